The number of rotatable bonds is 5. The Morgan fingerprint density at radius 3 is 2.86 bits per heavy atom. The highest BCUT2D eigenvalue weighted by Gasteiger charge is 2.13. The Morgan fingerprint density at radius 1 is 1.48 bits per heavy atom. The minimum absolute atomic E-state index is 0.0194. The molecule has 21 heavy (non-hydrogen) atoms. The summed E-state index contributed by atoms with van der Waals surface area (Å²) in [5, 5.41) is 21.7. The van der Waals surface area contributed by atoms with E-state index in [0.29, 0.717) is 16.6 Å². The monoisotopic (exact) mass is 293 g/mol. The summed E-state index contributed by atoms with van der Waals surface area (Å²) in [6.45, 7) is -1.34. The fourth-order valence-corrected chi connectivity index (χ4v) is 1.88. The van der Waals surface area contributed by atoms with Gasteiger partial charge in [0.25, 0.3) is 0 Å². The van der Waals surface area contributed by atoms with Crippen molar-refractivity contribution in [3.8, 4) is 11.8 Å². The second-order valence-electron chi connectivity index (χ2n) is 4.44. The number of anilines is 1. The van der Waals surface area contributed by atoms with E-state index >= 15 is 0 Å². The molecule has 0 bridgehead atoms. The van der Waals surface area contributed by atoms with E-state index in [0.717, 1.165) is 0 Å². The SMILES string of the molecule is C[C@H](CO)Nc1c(C#N)cnc2ccc(OC(F)F)cc12. The summed E-state index contributed by atoms with van der Waals surface area (Å²) in [5.74, 6) is -0.0194. The van der Waals surface area contributed by atoms with Crippen LogP contribution < -0.4 is 10.1 Å². The van der Waals surface area contributed by atoms with Crippen LogP contribution in [0.2, 0.25) is 0 Å². The molecule has 0 radical (unpaired) electrons. The number of hydrogen-bond acceptors (Lipinski definition) is 5. The zero-order chi connectivity index (χ0) is 15.4. The number of alkyl halides is 2. The van der Waals surface area contributed by atoms with Crippen molar-refractivity contribution in [1.29, 1.82) is 5.26 Å². The standard InChI is InChI=1S/C14H13F2N3O2/c1-8(7-20)19-13-9(5-17)6-18-12-3-2-10(4-11(12)13)21-14(15)16/h2-4,6,8,14,20H,7H2,1H3,(H,18,19)/t8-/m1/s1. The van der Waals surface area contributed by atoms with Crippen LogP contribution in [0.25, 0.3) is 10.9 Å². The first kappa shape index (κ1) is 14.9. The van der Waals surface area contributed by atoms with Gasteiger partial charge < -0.3 is 15.2 Å². The largest absolute Gasteiger partial charge is 0.435 e. The molecule has 1 atom stereocenters. The Labute approximate surface area is 119 Å². The van der Waals surface area contributed by atoms with Gasteiger partial charge >= 0.3 is 6.61 Å². The zero-order valence-electron chi connectivity index (χ0n) is 11.2. The molecule has 2 rings (SSSR count). The Kier molecular flexibility index (Phi) is 4.50. The van der Waals surface area contributed by atoms with Crippen LogP contribution in [0.3, 0.4) is 0 Å². The van der Waals surface area contributed by atoms with Gasteiger partial charge in [0, 0.05) is 17.6 Å². The van der Waals surface area contributed by atoms with Crippen molar-refractivity contribution in [2.24, 2.45) is 0 Å². The molecular formula is C14H13F2N3O2. The minimum atomic E-state index is -2.93. The minimum Gasteiger partial charge on any atom is -0.435 e. The summed E-state index contributed by atoms with van der Waals surface area (Å²) in [7, 11) is 0. The molecule has 5 nitrogen and oxygen atoms in total. The summed E-state index contributed by atoms with van der Waals surface area (Å²) in [6.07, 6.45) is 1.39. The molecule has 2 aromatic rings. The third kappa shape index (κ3) is 3.35. The molecule has 0 spiro atoms. The van der Waals surface area contributed by atoms with Gasteiger partial charge in [-0.1, -0.05) is 0 Å². The van der Waals surface area contributed by atoms with Crippen molar-refractivity contribution in [2.45, 2.75) is 19.6 Å². The van der Waals surface area contributed by atoms with E-state index in [2.05, 4.69) is 15.0 Å². The normalized spacial score (nSPS) is 12.2. The molecule has 0 aliphatic heterocycles. The van der Waals surface area contributed by atoms with Crippen molar-refractivity contribution in [3.05, 3.63) is 30.0 Å². The molecule has 0 saturated carbocycles. The number of ether oxygens (including phenoxy) is 1. The van der Waals surface area contributed by atoms with Gasteiger partial charge in [-0.05, 0) is 25.1 Å². The van der Waals surface area contributed by atoms with Crippen LogP contribution >= 0.6 is 0 Å². The van der Waals surface area contributed by atoms with Crippen LogP contribution in [0.15, 0.2) is 24.4 Å². The van der Waals surface area contributed by atoms with Crippen molar-refractivity contribution in [2.75, 3.05) is 11.9 Å². The number of aliphatic hydroxyl groups excluding tert-OH is 1. The van der Waals surface area contributed by atoms with Gasteiger partial charge in [-0.15, -0.1) is 0 Å². The molecule has 0 aliphatic rings. The highest BCUT2D eigenvalue weighted by molar-refractivity contribution is 5.94. The van der Waals surface area contributed by atoms with E-state index in [1.807, 2.05) is 6.07 Å². The van der Waals surface area contributed by atoms with Crippen molar-refractivity contribution >= 4 is 16.6 Å². The molecule has 0 unspecified atom stereocenters. The highest BCUT2D eigenvalue weighted by Crippen LogP contribution is 2.30. The van der Waals surface area contributed by atoms with Gasteiger partial charge in [0.15, 0.2) is 0 Å². The van der Waals surface area contributed by atoms with Crippen LogP contribution in [-0.4, -0.2) is 29.4 Å². The number of aromatic nitrogens is 1. The number of benzene rings is 1. The fraction of sp³-hybridized carbons (Fsp3) is 0.286. The van der Waals surface area contributed by atoms with Gasteiger partial charge in [-0.2, -0.15) is 14.0 Å². The number of fused-ring (bicyclic) bond motifs is 1. The van der Waals surface area contributed by atoms with Crippen molar-refractivity contribution in [1.82, 2.24) is 4.98 Å². The number of aliphatic hydroxyl groups is 1. The average Bonchev–Trinajstić information content (AvgIpc) is 2.47. The van der Waals surface area contributed by atoms with Gasteiger partial charge in [-0.25, -0.2) is 0 Å². The summed E-state index contributed by atoms with van der Waals surface area (Å²) < 4.78 is 28.9. The lowest BCUT2D eigenvalue weighted by Crippen LogP contribution is -2.20. The van der Waals surface area contributed by atoms with E-state index in [9.17, 15) is 8.78 Å². The molecule has 0 amide bonds. The lowest BCUT2D eigenvalue weighted by Gasteiger charge is -2.16. The summed E-state index contributed by atoms with van der Waals surface area (Å²) in [5.41, 5.74) is 1.23. The van der Waals surface area contributed by atoms with E-state index in [1.165, 1.54) is 24.4 Å². The molecule has 110 valence electrons. The lowest BCUT2D eigenvalue weighted by atomic mass is 10.1. The lowest BCUT2D eigenvalue weighted by molar-refractivity contribution is -0.0497. The second-order valence-corrected chi connectivity index (χ2v) is 4.44. The summed E-state index contributed by atoms with van der Waals surface area (Å²) in [4.78, 5) is 4.10. The molecule has 0 aliphatic carbocycles. The fourth-order valence-electron chi connectivity index (χ4n) is 1.88. The predicted octanol–water partition coefficient (Wildman–Crippen LogP) is 2.50. The van der Waals surface area contributed by atoms with Gasteiger partial charge in [-0.3, -0.25) is 4.98 Å². The Bertz CT molecular complexity index is 686. The topological polar surface area (TPSA) is 78.2 Å². The van der Waals surface area contributed by atoms with Crippen LogP contribution in [0.1, 0.15) is 12.5 Å². The van der Waals surface area contributed by atoms with Crippen LogP contribution in [0.5, 0.6) is 5.75 Å². The molecule has 1 aromatic carbocycles. The first-order valence-corrected chi connectivity index (χ1v) is 6.20. The van der Waals surface area contributed by atoms with E-state index in [-0.39, 0.29) is 24.0 Å². The summed E-state index contributed by atoms with van der Waals surface area (Å²) in [6, 6.07) is 5.98. The molecular weight excluding hydrogens is 280 g/mol. The Hall–Kier alpha value is -2.46. The molecule has 0 saturated heterocycles. The first-order valence-electron chi connectivity index (χ1n) is 6.20. The maximum absolute atomic E-state index is 12.3. The predicted molar refractivity (Wildman–Crippen MR) is 73.3 cm³/mol. The number of nitrogens with one attached hydrogen (secondary N) is 1. The highest BCUT2D eigenvalue weighted by atomic mass is 19.3. The average molecular weight is 293 g/mol. The molecule has 7 heteroatoms. The Balaban J connectivity index is 2.56. The van der Waals surface area contributed by atoms with Crippen LogP contribution in [0, 0.1) is 11.3 Å². The molecule has 0 fully saturated rings. The number of halogens is 2. The molecule has 1 aromatic heterocycles. The van der Waals surface area contributed by atoms with Gasteiger partial charge in [0.05, 0.1) is 23.4 Å². The number of nitriles is 1. The first-order chi connectivity index (χ1) is 10.0. The quantitative estimate of drug-likeness (QED) is 0.885. The number of pyridine rings is 1. The molecule has 2 N–H and O–H groups in total. The second kappa shape index (κ2) is 6.33. The third-order valence-electron chi connectivity index (χ3n) is 2.85. The van der Waals surface area contributed by atoms with E-state index in [4.69, 9.17) is 10.4 Å². The third-order valence-corrected chi connectivity index (χ3v) is 2.85. The number of hydrogen-bond donors (Lipinski definition) is 2. The summed E-state index contributed by atoms with van der Waals surface area (Å²) >= 11 is 0. The number of nitrogens with zero attached hydrogens (tertiary/aromatic N) is 2. The van der Waals surface area contributed by atoms with Crippen molar-refractivity contribution in [3.63, 3.8) is 0 Å². The zero-order valence-corrected chi connectivity index (χ0v) is 11.2. The van der Waals surface area contributed by atoms with E-state index in [1.54, 1.807) is 6.92 Å². The van der Waals surface area contributed by atoms with Crippen LogP contribution in [-0.2, 0) is 0 Å². The maximum atomic E-state index is 12.3. The van der Waals surface area contributed by atoms with E-state index < -0.39 is 6.61 Å². The smallest absolute Gasteiger partial charge is 0.387 e. The Morgan fingerprint density at radius 2 is 2.24 bits per heavy atom. The molecule has 1 heterocycles. The van der Waals surface area contributed by atoms with Crippen LogP contribution in [0.4, 0.5) is 14.5 Å². The van der Waals surface area contributed by atoms with Gasteiger partial charge in [0.2, 0.25) is 0 Å². The maximum Gasteiger partial charge on any atom is 0.387 e. The van der Waals surface area contributed by atoms with Gasteiger partial charge in [0.1, 0.15) is 11.8 Å². The van der Waals surface area contributed by atoms with Crippen molar-refractivity contribution < 1.29 is 18.6 Å².